The number of hydrogen-bond donors (Lipinski definition) is 2. The third-order valence-electron chi connectivity index (χ3n) is 2.61. The monoisotopic (exact) mass is 288 g/mol. The zero-order chi connectivity index (χ0) is 12.1. The molecule has 1 unspecified atom stereocenters. The molecule has 0 fully saturated rings. The van der Waals surface area contributed by atoms with Gasteiger partial charge in [0, 0.05) is 19.1 Å². The smallest absolute Gasteiger partial charge is 0.137 e. The van der Waals surface area contributed by atoms with Crippen molar-refractivity contribution < 1.29 is 4.39 Å². The largest absolute Gasteiger partial charge is 0.329 e. The fraction of sp³-hybridized carbons (Fsp3) is 0.500. The molecule has 0 aliphatic heterocycles. The SMILES string of the molecule is CC(C)C(CN)NCc1ccc(F)c(Br)c1. The summed E-state index contributed by atoms with van der Waals surface area (Å²) in [6.45, 7) is 5.58. The first kappa shape index (κ1) is 13.6. The molecule has 90 valence electrons. The van der Waals surface area contributed by atoms with Gasteiger partial charge in [0.1, 0.15) is 5.82 Å². The van der Waals surface area contributed by atoms with Crippen LogP contribution in [0.25, 0.3) is 0 Å². The van der Waals surface area contributed by atoms with Crippen molar-refractivity contribution in [2.75, 3.05) is 6.54 Å². The van der Waals surface area contributed by atoms with Crippen LogP contribution >= 0.6 is 15.9 Å². The minimum atomic E-state index is -0.233. The van der Waals surface area contributed by atoms with E-state index in [0.29, 0.717) is 29.5 Å². The molecule has 1 aromatic carbocycles. The highest BCUT2D eigenvalue weighted by Crippen LogP contribution is 2.16. The van der Waals surface area contributed by atoms with Crippen LogP contribution in [0.1, 0.15) is 19.4 Å². The fourth-order valence-electron chi connectivity index (χ4n) is 1.49. The Morgan fingerprint density at radius 1 is 1.44 bits per heavy atom. The minimum Gasteiger partial charge on any atom is -0.329 e. The Morgan fingerprint density at radius 3 is 2.62 bits per heavy atom. The van der Waals surface area contributed by atoms with Crippen LogP contribution in [-0.2, 0) is 6.54 Å². The highest BCUT2D eigenvalue weighted by Gasteiger charge is 2.10. The normalized spacial score (nSPS) is 13.1. The van der Waals surface area contributed by atoms with Gasteiger partial charge in [-0.2, -0.15) is 0 Å². The average molecular weight is 289 g/mol. The molecular weight excluding hydrogens is 271 g/mol. The van der Waals surface area contributed by atoms with E-state index in [4.69, 9.17) is 5.73 Å². The number of rotatable bonds is 5. The van der Waals surface area contributed by atoms with Gasteiger partial charge in [0.15, 0.2) is 0 Å². The lowest BCUT2D eigenvalue weighted by Gasteiger charge is -2.20. The minimum absolute atomic E-state index is 0.233. The quantitative estimate of drug-likeness (QED) is 0.874. The summed E-state index contributed by atoms with van der Waals surface area (Å²) in [6, 6.07) is 5.33. The molecule has 0 heterocycles. The van der Waals surface area contributed by atoms with Crippen molar-refractivity contribution in [2.24, 2.45) is 11.7 Å². The van der Waals surface area contributed by atoms with Crippen LogP contribution in [0.2, 0.25) is 0 Å². The summed E-state index contributed by atoms with van der Waals surface area (Å²) < 4.78 is 13.5. The second-order valence-electron chi connectivity index (χ2n) is 4.22. The first-order chi connectivity index (χ1) is 7.54. The zero-order valence-corrected chi connectivity index (χ0v) is 11.2. The van der Waals surface area contributed by atoms with Gasteiger partial charge >= 0.3 is 0 Å². The van der Waals surface area contributed by atoms with Crippen molar-refractivity contribution in [3.8, 4) is 0 Å². The van der Waals surface area contributed by atoms with Crippen molar-refractivity contribution in [1.82, 2.24) is 5.32 Å². The van der Waals surface area contributed by atoms with Crippen LogP contribution in [0.5, 0.6) is 0 Å². The number of hydrogen-bond acceptors (Lipinski definition) is 2. The summed E-state index contributed by atoms with van der Waals surface area (Å²) in [6.07, 6.45) is 0. The summed E-state index contributed by atoms with van der Waals surface area (Å²) in [5.74, 6) is 0.261. The van der Waals surface area contributed by atoms with E-state index in [1.54, 1.807) is 12.1 Å². The third kappa shape index (κ3) is 3.85. The molecule has 0 aliphatic rings. The Morgan fingerprint density at radius 2 is 2.12 bits per heavy atom. The average Bonchev–Trinajstić information content (AvgIpc) is 2.23. The van der Waals surface area contributed by atoms with E-state index in [1.807, 2.05) is 0 Å². The van der Waals surface area contributed by atoms with Gasteiger partial charge in [-0.1, -0.05) is 19.9 Å². The first-order valence-electron chi connectivity index (χ1n) is 5.42. The molecule has 0 radical (unpaired) electrons. The van der Waals surface area contributed by atoms with Crippen molar-refractivity contribution in [1.29, 1.82) is 0 Å². The number of halogens is 2. The molecule has 0 spiro atoms. The van der Waals surface area contributed by atoms with Gasteiger partial charge in [-0.05, 0) is 39.5 Å². The van der Waals surface area contributed by atoms with Crippen LogP contribution in [0, 0.1) is 11.7 Å². The van der Waals surface area contributed by atoms with Gasteiger partial charge in [0.05, 0.1) is 4.47 Å². The molecule has 4 heteroatoms. The Bertz CT molecular complexity index is 342. The van der Waals surface area contributed by atoms with Crippen LogP contribution in [-0.4, -0.2) is 12.6 Å². The lowest BCUT2D eigenvalue weighted by molar-refractivity contribution is 0.405. The van der Waals surface area contributed by atoms with E-state index >= 15 is 0 Å². The second-order valence-corrected chi connectivity index (χ2v) is 5.07. The molecule has 2 nitrogen and oxygen atoms in total. The highest BCUT2D eigenvalue weighted by molar-refractivity contribution is 9.10. The molecular formula is C12H18BrFN2. The van der Waals surface area contributed by atoms with Gasteiger partial charge in [-0.3, -0.25) is 0 Å². The molecule has 16 heavy (non-hydrogen) atoms. The topological polar surface area (TPSA) is 38.0 Å². The van der Waals surface area contributed by atoms with E-state index in [1.165, 1.54) is 6.07 Å². The second kappa shape index (κ2) is 6.33. The lowest BCUT2D eigenvalue weighted by atomic mass is 10.0. The van der Waals surface area contributed by atoms with Crippen LogP contribution in [0.3, 0.4) is 0 Å². The molecule has 3 N–H and O–H groups in total. The Labute approximate surface area is 105 Å². The van der Waals surface area contributed by atoms with Gasteiger partial charge < -0.3 is 11.1 Å². The predicted molar refractivity (Wildman–Crippen MR) is 68.6 cm³/mol. The zero-order valence-electron chi connectivity index (χ0n) is 9.63. The molecule has 1 atom stereocenters. The van der Waals surface area contributed by atoms with Crippen molar-refractivity contribution in [3.63, 3.8) is 0 Å². The van der Waals surface area contributed by atoms with Crippen LogP contribution < -0.4 is 11.1 Å². The van der Waals surface area contributed by atoms with Crippen LogP contribution in [0.4, 0.5) is 4.39 Å². The highest BCUT2D eigenvalue weighted by atomic mass is 79.9. The summed E-state index contributed by atoms with van der Waals surface area (Å²) in [5, 5.41) is 3.36. The molecule has 0 saturated carbocycles. The molecule has 1 aromatic rings. The predicted octanol–water partition coefficient (Wildman–Crippen LogP) is 2.66. The van der Waals surface area contributed by atoms with Crippen LogP contribution in [0.15, 0.2) is 22.7 Å². The lowest BCUT2D eigenvalue weighted by Crippen LogP contribution is -2.39. The van der Waals surface area contributed by atoms with E-state index in [9.17, 15) is 4.39 Å². The Kier molecular flexibility index (Phi) is 5.38. The van der Waals surface area contributed by atoms with Crippen molar-refractivity contribution in [2.45, 2.75) is 26.4 Å². The molecule has 0 saturated heterocycles. The summed E-state index contributed by atoms with van der Waals surface area (Å²) in [5.41, 5.74) is 6.71. The molecule has 0 aromatic heterocycles. The third-order valence-corrected chi connectivity index (χ3v) is 3.22. The van der Waals surface area contributed by atoms with Crippen molar-refractivity contribution >= 4 is 15.9 Å². The Balaban J connectivity index is 2.57. The molecule has 0 amide bonds. The summed E-state index contributed by atoms with van der Waals surface area (Å²) >= 11 is 3.17. The number of nitrogens with two attached hydrogens (primary N) is 1. The molecule has 0 aliphatic carbocycles. The van der Waals surface area contributed by atoms with E-state index in [-0.39, 0.29) is 5.82 Å². The van der Waals surface area contributed by atoms with Gasteiger partial charge in [-0.25, -0.2) is 4.39 Å². The Hall–Kier alpha value is -0.450. The molecule has 0 bridgehead atoms. The van der Waals surface area contributed by atoms with E-state index in [2.05, 4.69) is 35.1 Å². The number of nitrogens with one attached hydrogen (secondary N) is 1. The van der Waals surface area contributed by atoms with E-state index in [0.717, 1.165) is 5.56 Å². The first-order valence-corrected chi connectivity index (χ1v) is 6.21. The molecule has 1 rings (SSSR count). The van der Waals surface area contributed by atoms with Crippen molar-refractivity contribution in [3.05, 3.63) is 34.1 Å². The fourth-order valence-corrected chi connectivity index (χ4v) is 1.92. The van der Waals surface area contributed by atoms with Gasteiger partial charge in [0.25, 0.3) is 0 Å². The maximum Gasteiger partial charge on any atom is 0.137 e. The van der Waals surface area contributed by atoms with Gasteiger partial charge in [-0.15, -0.1) is 0 Å². The van der Waals surface area contributed by atoms with Gasteiger partial charge in [0.2, 0.25) is 0 Å². The maximum atomic E-state index is 13.0. The maximum absolute atomic E-state index is 13.0. The number of benzene rings is 1. The standard InChI is InChI=1S/C12H18BrFN2/c1-8(2)12(6-15)16-7-9-3-4-11(14)10(13)5-9/h3-5,8,12,16H,6-7,15H2,1-2H3. The summed E-state index contributed by atoms with van der Waals surface area (Å²) in [4.78, 5) is 0. The van der Waals surface area contributed by atoms with E-state index < -0.39 is 0 Å². The summed E-state index contributed by atoms with van der Waals surface area (Å²) in [7, 11) is 0.